The summed E-state index contributed by atoms with van der Waals surface area (Å²) in [5.41, 5.74) is 0. The Kier molecular flexibility index (Phi) is 57.2. The maximum atomic E-state index is 12.9. The van der Waals surface area contributed by atoms with Gasteiger partial charge in [0.1, 0.15) is 13.2 Å². The minimum Gasteiger partial charge on any atom is -0.462 e. The summed E-state index contributed by atoms with van der Waals surface area (Å²) in [4.78, 5) is 38.2. The molecule has 71 heavy (non-hydrogen) atoms. The molecule has 0 aromatic heterocycles. The van der Waals surface area contributed by atoms with Crippen molar-refractivity contribution in [2.45, 2.75) is 322 Å². The van der Waals surface area contributed by atoms with Gasteiger partial charge in [-0.05, 0) is 96.3 Å². The zero-order valence-corrected chi connectivity index (χ0v) is 47.2. The van der Waals surface area contributed by atoms with E-state index in [1.165, 1.54) is 186 Å². The Bertz CT molecular complexity index is 1280. The fourth-order valence-corrected chi connectivity index (χ4v) is 8.83. The van der Waals surface area contributed by atoms with Crippen LogP contribution in [0.2, 0.25) is 0 Å². The predicted molar refractivity (Wildman–Crippen MR) is 307 cm³/mol. The first-order valence-corrected chi connectivity index (χ1v) is 30.8. The molecule has 0 heterocycles. The van der Waals surface area contributed by atoms with Crippen molar-refractivity contribution < 1.29 is 28.6 Å². The van der Waals surface area contributed by atoms with Gasteiger partial charge in [0.15, 0.2) is 6.10 Å². The maximum Gasteiger partial charge on any atom is 0.306 e. The second kappa shape index (κ2) is 59.7. The summed E-state index contributed by atoms with van der Waals surface area (Å²) < 4.78 is 16.9. The Morgan fingerprint density at radius 3 is 0.803 bits per heavy atom. The normalized spacial score (nSPS) is 12.4. The first-order chi connectivity index (χ1) is 35.0. The van der Waals surface area contributed by atoms with Crippen molar-refractivity contribution in [1.82, 2.24) is 0 Å². The summed E-state index contributed by atoms with van der Waals surface area (Å²) in [7, 11) is 0. The lowest BCUT2D eigenvalue weighted by atomic mass is 10.1. The van der Waals surface area contributed by atoms with Crippen LogP contribution in [0.5, 0.6) is 0 Å². The van der Waals surface area contributed by atoms with Crippen LogP contribution < -0.4 is 0 Å². The van der Waals surface area contributed by atoms with E-state index in [2.05, 4.69) is 81.5 Å². The molecule has 0 rings (SSSR count). The first-order valence-electron chi connectivity index (χ1n) is 30.8. The zero-order valence-electron chi connectivity index (χ0n) is 47.2. The van der Waals surface area contributed by atoms with Crippen LogP contribution in [-0.2, 0) is 28.6 Å². The van der Waals surface area contributed by atoms with E-state index in [9.17, 15) is 14.4 Å². The van der Waals surface area contributed by atoms with Gasteiger partial charge < -0.3 is 14.2 Å². The third-order valence-corrected chi connectivity index (χ3v) is 13.5. The van der Waals surface area contributed by atoms with E-state index in [1.807, 2.05) is 0 Å². The molecule has 0 radical (unpaired) electrons. The monoisotopic (exact) mass is 993 g/mol. The molecule has 0 saturated heterocycles. The van der Waals surface area contributed by atoms with Crippen molar-refractivity contribution in [2.75, 3.05) is 13.2 Å². The zero-order chi connectivity index (χ0) is 51.4. The molecule has 0 aliphatic heterocycles. The second-order valence-electron chi connectivity index (χ2n) is 20.7. The van der Waals surface area contributed by atoms with E-state index in [1.54, 1.807) is 0 Å². The van der Waals surface area contributed by atoms with Gasteiger partial charge in [0.25, 0.3) is 0 Å². The molecular formula is C65H116O6. The minimum atomic E-state index is -0.796. The summed E-state index contributed by atoms with van der Waals surface area (Å²) in [5.74, 6) is -0.923. The van der Waals surface area contributed by atoms with Crippen molar-refractivity contribution in [1.29, 1.82) is 0 Å². The van der Waals surface area contributed by atoms with Crippen molar-refractivity contribution in [3.8, 4) is 0 Å². The van der Waals surface area contributed by atoms with Gasteiger partial charge in [-0.1, -0.05) is 261 Å². The molecule has 0 aromatic carbocycles. The van der Waals surface area contributed by atoms with Crippen molar-refractivity contribution in [2.24, 2.45) is 0 Å². The predicted octanol–water partition coefficient (Wildman–Crippen LogP) is 20.8. The third-order valence-electron chi connectivity index (χ3n) is 13.5. The number of carbonyl (C=O) groups excluding carboxylic acids is 3. The Morgan fingerprint density at radius 2 is 0.507 bits per heavy atom. The summed E-state index contributed by atoms with van der Waals surface area (Å²) in [6.45, 7) is 6.62. The average molecular weight is 994 g/mol. The highest BCUT2D eigenvalue weighted by Crippen LogP contribution is 2.15. The molecule has 412 valence electrons. The molecule has 0 aliphatic carbocycles. The summed E-state index contributed by atoms with van der Waals surface area (Å²) in [6.07, 6.45) is 75.0. The van der Waals surface area contributed by atoms with Gasteiger partial charge in [-0.25, -0.2) is 0 Å². The van der Waals surface area contributed by atoms with Gasteiger partial charge in [0.05, 0.1) is 0 Å². The molecule has 6 heteroatoms. The fraction of sp³-hybridized carbons (Fsp3) is 0.800. The van der Waals surface area contributed by atoms with Gasteiger partial charge in [0.2, 0.25) is 0 Å². The van der Waals surface area contributed by atoms with Gasteiger partial charge >= 0.3 is 17.9 Å². The standard InChI is InChI=1S/C65H116O6/c1-4-7-10-13-16-19-22-25-28-31-33-35-37-40-43-46-49-52-55-58-64(67)70-61-62(60-69-63(66)57-54-51-48-45-42-39-36-30-27-24-21-18-15-12-9-6-3)71-65(68)59-56-53-50-47-44-41-38-34-32-29-26-23-20-17-14-11-8-5-2/h29-34,36,38-39,42,62H,4-28,35,37,40-41,43-61H2,1-3H3/b32-29-,33-31-,36-30-,38-34-,42-39-. The van der Waals surface area contributed by atoms with Crippen LogP contribution in [-0.4, -0.2) is 37.2 Å². The lowest BCUT2D eigenvalue weighted by Crippen LogP contribution is -2.30. The van der Waals surface area contributed by atoms with Gasteiger partial charge in [-0.2, -0.15) is 0 Å². The van der Waals surface area contributed by atoms with Crippen LogP contribution in [0.3, 0.4) is 0 Å². The molecule has 0 aromatic rings. The first kappa shape index (κ1) is 68.1. The number of ether oxygens (including phenoxy) is 3. The van der Waals surface area contributed by atoms with Crippen LogP contribution >= 0.6 is 0 Å². The third kappa shape index (κ3) is 57.9. The highest BCUT2D eigenvalue weighted by atomic mass is 16.6. The van der Waals surface area contributed by atoms with Gasteiger partial charge in [-0.3, -0.25) is 14.4 Å². The quantitative estimate of drug-likeness (QED) is 0.0199. The number of hydrogen-bond acceptors (Lipinski definition) is 6. The van der Waals surface area contributed by atoms with Gasteiger partial charge in [-0.15, -0.1) is 0 Å². The SMILES string of the molecule is CCCCCCCCC/C=C\C=C/CCCCCCCC(=O)OC(COC(=O)CCCCC/C=C\C=C/CCCCCCCCC)COC(=O)CCCCCCCCC/C=C\CCCCCCCCCC. The minimum absolute atomic E-state index is 0.0902. The number of unbranched alkanes of at least 4 members (excludes halogenated alkanes) is 37. The largest absolute Gasteiger partial charge is 0.462 e. The smallest absolute Gasteiger partial charge is 0.306 e. The van der Waals surface area contributed by atoms with Crippen LogP contribution in [0, 0.1) is 0 Å². The number of carbonyl (C=O) groups is 3. The molecule has 1 atom stereocenters. The summed E-state index contributed by atoms with van der Waals surface area (Å²) in [6, 6.07) is 0. The molecular weight excluding hydrogens is 877 g/mol. The highest BCUT2D eigenvalue weighted by Gasteiger charge is 2.19. The lowest BCUT2D eigenvalue weighted by Gasteiger charge is -2.18. The van der Waals surface area contributed by atoms with E-state index in [0.717, 1.165) is 89.9 Å². The summed E-state index contributed by atoms with van der Waals surface area (Å²) in [5, 5.41) is 0. The molecule has 0 fully saturated rings. The van der Waals surface area contributed by atoms with Crippen LogP contribution in [0.1, 0.15) is 316 Å². The number of rotatable bonds is 56. The molecule has 0 bridgehead atoms. The molecule has 0 amide bonds. The molecule has 0 spiro atoms. The summed E-state index contributed by atoms with van der Waals surface area (Å²) >= 11 is 0. The average Bonchev–Trinajstić information content (AvgIpc) is 3.37. The van der Waals surface area contributed by atoms with E-state index >= 15 is 0 Å². The van der Waals surface area contributed by atoms with Crippen molar-refractivity contribution in [3.05, 3.63) is 60.8 Å². The van der Waals surface area contributed by atoms with E-state index in [-0.39, 0.29) is 31.1 Å². The topological polar surface area (TPSA) is 78.9 Å². The van der Waals surface area contributed by atoms with Crippen LogP contribution in [0.15, 0.2) is 60.8 Å². The van der Waals surface area contributed by atoms with Crippen LogP contribution in [0.4, 0.5) is 0 Å². The van der Waals surface area contributed by atoms with E-state index in [0.29, 0.717) is 19.3 Å². The Morgan fingerprint density at radius 1 is 0.282 bits per heavy atom. The van der Waals surface area contributed by atoms with E-state index < -0.39 is 6.10 Å². The Labute approximate surface area is 440 Å². The lowest BCUT2D eigenvalue weighted by molar-refractivity contribution is -0.167. The molecule has 0 N–H and O–H groups in total. The molecule has 0 saturated carbocycles. The van der Waals surface area contributed by atoms with Gasteiger partial charge in [0, 0.05) is 19.3 Å². The maximum absolute atomic E-state index is 12.9. The molecule has 0 aliphatic rings. The van der Waals surface area contributed by atoms with Crippen molar-refractivity contribution in [3.63, 3.8) is 0 Å². The van der Waals surface area contributed by atoms with Crippen molar-refractivity contribution >= 4 is 17.9 Å². The Balaban J connectivity index is 4.43. The highest BCUT2D eigenvalue weighted by molar-refractivity contribution is 5.71. The Hall–Kier alpha value is -2.89. The van der Waals surface area contributed by atoms with Crippen LogP contribution in [0.25, 0.3) is 0 Å². The number of esters is 3. The molecule has 1 unspecified atom stereocenters. The number of hydrogen-bond donors (Lipinski definition) is 0. The number of allylic oxidation sites excluding steroid dienone is 10. The van der Waals surface area contributed by atoms with E-state index in [4.69, 9.17) is 14.2 Å². The fourth-order valence-electron chi connectivity index (χ4n) is 8.83. The molecule has 6 nitrogen and oxygen atoms in total. The second-order valence-corrected chi connectivity index (χ2v) is 20.7.